The lowest BCUT2D eigenvalue weighted by molar-refractivity contribution is 0.0637. The average Bonchev–Trinajstić information content (AvgIpc) is 3.04. The Bertz CT molecular complexity index is 730. The minimum Gasteiger partial charge on any atom is -0.403 e. The van der Waals surface area contributed by atoms with Gasteiger partial charge in [0.05, 0.1) is 0 Å². The smallest absolute Gasteiger partial charge is 0.185 e. The quantitative estimate of drug-likeness (QED) is 0.585. The molecule has 3 rings (SSSR count). The lowest BCUT2D eigenvalue weighted by Crippen LogP contribution is -2.53. The molecule has 2 nitrogen and oxygen atoms in total. The third kappa shape index (κ3) is 4.88. The number of benzene rings is 2. The molecule has 1 atom stereocenters. The molecule has 1 fully saturated rings. The van der Waals surface area contributed by atoms with Crippen molar-refractivity contribution >= 4 is 20.7 Å². The summed E-state index contributed by atoms with van der Waals surface area (Å²) < 4.78 is 7.18. The normalized spacial score (nSPS) is 17.5. The highest BCUT2D eigenvalue weighted by Crippen LogP contribution is 2.43. The van der Waals surface area contributed by atoms with Crippen molar-refractivity contribution in [3.63, 3.8) is 0 Å². The summed E-state index contributed by atoms with van der Waals surface area (Å²) in [5.41, 5.74) is 7.37. The highest BCUT2D eigenvalue weighted by molar-refractivity contribution is 6.69. The van der Waals surface area contributed by atoms with E-state index in [0.717, 1.165) is 13.0 Å². The third-order valence-electron chi connectivity index (χ3n) is 5.32. The highest BCUT2D eigenvalue weighted by Gasteiger charge is 2.47. The van der Waals surface area contributed by atoms with Gasteiger partial charge in [-0.15, -0.1) is 12.4 Å². The van der Waals surface area contributed by atoms with Gasteiger partial charge in [-0.2, -0.15) is 0 Å². The lowest BCUT2D eigenvalue weighted by Gasteiger charge is -2.45. The predicted octanol–water partition coefficient (Wildman–Crippen LogP) is 6.19. The molecule has 0 spiro atoms. The molecule has 4 heteroatoms. The zero-order valence-corrected chi connectivity index (χ0v) is 20.3. The first-order chi connectivity index (χ1) is 12.6. The SMILES string of the molecule is Cc1cc(C)cc(C(O[Si](C)(C)C)(c2cc(C)cc(C)c2)[C@@H]2CCCN2)c1.Cl. The Morgan fingerprint density at radius 2 is 1.25 bits per heavy atom. The maximum Gasteiger partial charge on any atom is 0.185 e. The monoisotopic (exact) mass is 417 g/mol. The molecule has 0 saturated carbocycles. The number of aryl methyl sites for hydroxylation is 4. The molecule has 1 aliphatic heterocycles. The number of rotatable bonds is 5. The van der Waals surface area contributed by atoms with Crippen molar-refractivity contribution in [1.29, 1.82) is 0 Å². The van der Waals surface area contributed by atoms with Gasteiger partial charge in [-0.3, -0.25) is 0 Å². The number of hydrogen-bond donors (Lipinski definition) is 1. The second-order valence-electron chi connectivity index (χ2n) is 9.35. The van der Waals surface area contributed by atoms with E-state index >= 15 is 0 Å². The van der Waals surface area contributed by atoms with E-state index in [-0.39, 0.29) is 12.4 Å². The first-order valence-electron chi connectivity index (χ1n) is 10.2. The van der Waals surface area contributed by atoms with Crippen LogP contribution < -0.4 is 5.32 Å². The molecule has 1 N–H and O–H groups in total. The second-order valence-corrected chi connectivity index (χ2v) is 13.8. The first-order valence-corrected chi connectivity index (χ1v) is 13.6. The summed E-state index contributed by atoms with van der Waals surface area (Å²) in [6.07, 6.45) is 2.35. The highest BCUT2D eigenvalue weighted by atomic mass is 35.5. The van der Waals surface area contributed by atoms with Crippen LogP contribution in [0.3, 0.4) is 0 Å². The number of halogens is 1. The molecule has 1 aliphatic rings. The molecule has 2 aromatic rings. The van der Waals surface area contributed by atoms with Crippen LogP contribution >= 0.6 is 12.4 Å². The van der Waals surface area contributed by atoms with Crippen molar-refractivity contribution in [1.82, 2.24) is 5.32 Å². The van der Waals surface area contributed by atoms with E-state index < -0.39 is 13.9 Å². The van der Waals surface area contributed by atoms with Gasteiger partial charge in [-0.05, 0) is 77.8 Å². The Kier molecular flexibility index (Phi) is 7.20. The summed E-state index contributed by atoms with van der Waals surface area (Å²) in [5, 5.41) is 3.79. The van der Waals surface area contributed by atoms with Crippen molar-refractivity contribution < 1.29 is 4.43 Å². The van der Waals surface area contributed by atoms with Gasteiger partial charge in [0.15, 0.2) is 8.32 Å². The van der Waals surface area contributed by atoms with E-state index in [1.165, 1.54) is 39.8 Å². The van der Waals surface area contributed by atoms with Crippen LogP contribution in [0.1, 0.15) is 46.2 Å². The molecule has 1 heterocycles. The summed E-state index contributed by atoms with van der Waals surface area (Å²) in [6.45, 7) is 16.8. The Hall–Kier alpha value is -1.13. The maximum atomic E-state index is 7.18. The van der Waals surface area contributed by atoms with Crippen LogP contribution in [0.15, 0.2) is 36.4 Å². The molecule has 0 radical (unpaired) electrons. The summed E-state index contributed by atoms with van der Waals surface area (Å²) in [7, 11) is -1.84. The summed E-state index contributed by atoms with van der Waals surface area (Å²) in [5.74, 6) is 0. The van der Waals surface area contributed by atoms with Crippen LogP contribution in [0.5, 0.6) is 0 Å². The molecule has 28 heavy (non-hydrogen) atoms. The Morgan fingerprint density at radius 3 is 1.57 bits per heavy atom. The van der Waals surface area contributed by atoms with Gasteiger partial charge < -0.3 is 9.74 Å². The van der Waals surface area contributed by atoms with Crippen LogP contribution in [0.4, 0.5) is 0 Å². The van der Waals surface area contributed by atoms with E-state index in [0.29, 0.717) is 6.04 Å². The van der Waals surface area contributed by atoms with Gasteiger partial charge in [0, 0.05) is 6.04 Å². The summed E-state index contributed by atoms with van der Waals surface area (Å²) >= 11 is 0. The van der Waals surface area contributed by atoms with Crippen LogP contribution in [0.25, 0.3) is 0 Å². The summed E-state index contributed by atoms with van der Waals surface area (Å²) in [6, 6.07) is 14.2. The molecular formula is C24H36ClNOSi. The van der Waals surface area contributed by atoms with E-state index in [2.05, 4.69) is 89.1 Å². The maximum absolute atomic E-state index is 7.18. The zero-order chi connectivity index (χ0) is 19.8. The lowest BCUT2D eigenvalue weighted by atomic mass is 9.77. The molecule has 2 aromatic carbocycles. The second kappa shape index (κ2) is 8.70. The van der Waals surface area contributed by atoms with E-state index in [1.807, 2.05) is 0 Å². The van der Waals surface area contributed by atoms with Gasteiger partial charge in [0.2, 0.25) is 0 Å². The van der Waals surface area contributed by atoms with Crippen LogP contribution in [-0.4, -0.2) is 20.9 Å². The average molecular weight is 418 g/mol. The third-order valence-corrected chi connectivity index (χ3v) is 6.25. The molecule has 0 aromatic heterocycles. The van der Waals surface area contributed by atoms with Crippen LogP contribution in [0.2, 0.25) is 19.6 Å². The molecule has 154 valence electrons. The number of hydrogen-bond acceptors (Lipinski definition) is 2. The van der Waals surface area contributed by atoms with Crippen molar-refractivity contribution in [2.75, 3.05) is 6.54 Å². The first kappa shape index (κ1) is 23.1. The van der Waals surface area contributed by atoms with Crippen LogP contribution in [0, 0.1) is 27.7 Å². The fourth-order valence-electron chi connectivity index (χ4n) is 4.65. The molecule has 0 amide bonds. The molecule has 1 saturated heterocycles. The largest absolute Gasteiger partial charge is 0.403 e. The Balaban J connectivity index is 0.00000280. The minimum atomic E-state index is -1.84. The van der Waals surface area contributed by atoms with Gasteiger partial charge in [0.1, 0.15) is 5.60 Å². The van der Waals surface area contributed by atoms with Gasteiger partial charge in [-0.1, -0.05) is 58.7 Å². The molecule has 0 aliphatic carbocycles. The van der Waals surface area contributed by atoms with Gasteiger partial charge in [0.25, 0.3) is 0 Å². The predicted molar refractivity (Wildman–Crippen MR) is 125 cm³/mol. The van der Waals surface area contributed by atoms with Gasteiger partial charge in [-0.25, -0.2) is 0 Å². The molecular weight excluding hydrogens is 382 g/mol. The van der Waals surface area contributed by atoms with Crippen LogP contribution in [-0.2, 0) is 10.0 Å². The van der Waals surface area contributed by atoms with E-state index in [4.69, 9.17) is 4.43 Å². The topological polar surface area (TPSA) is 21.3 Å². The zero-order valence-electron chi connectivity index (χ0n) is 18.5. The Morgan fingerprint density at radius 1 is 0.821 bits per heavy atom. The Labute approximate surface area is 178 Å². The van der Waals surface area contributed by atoms with E-state index in [1.54, 1.807) is 0 Å². The number of nitrogens with one attached hydrogen (secondary N) is 1. The van der Waals surface area contributed by atoms with E-state index in [9.17, 15) is 0 Å². The van der Waals surface area contributed by atoms with Gasteiger partial charge >= 0.3 is 0 Å². The molecule has 0 bridgehead atoms. The standard InChI is InChI=1S/C24H35NOSi.ClH/c1-17-11-18(2)14-21(13-17)24(26-27(5,6)7,23-9-8-10-25-23)22-15-19(3)12-20(4)16-22;/h11-16,23,25H,8-10H2,1-7H3;1H/t23-;/m0./s1. The molecule has 0 unspecified atom stereocenters. The van der Waals surface area contributed by atoms with Crippen molar-refractivity contribution in [2.24, 2.45) is 0 Å². The van der Waals surface area contributed by atoms with Crippen molar-refractivity contribution in [3.05, 3.63) is 69.8 Å². The summed E-state index contributed by atoms with van der Waals surface area (Å²) in [4.78, 5) is 0. The van der Waals surface area contributed by atoms with Crippen molar-refractivity contribution in [2.45, 2.75) is 71.8 Å². The minimum absolute atomic E-state index is 0. The fourth-order valence-corrected chi connectivity index (χ4v) is 5.99. The van der Waals surface area contributed by atoms with Crippen molar-refractivity contribution in [3.8, 4) is 0 Å². The fraction of sp³-hybridized carbons (Fsp3) is 0.500.